The van der Waals surface area contributed by atoms with Crippen LogP contribution in [0, 0.1) is 25.7 Å². The van der Waals surface area contributed by atoms with E-state index in [9.17, 15) is 9.59 Å². The van der Waals surface area contributed by atoms with E-state index in [2.05, 4.69) is 9.97 Å². The van der Waals surface area contributed by atoms with Gasteiger partial charge in [0.1, 0.15) is 0 Å². The van der Waals surface area contributed by atoms with E-state index < -0.39 is 11.9 Å². The first-order valence-electron chi connectivity index (χ1n) is 13.4. The Labute approximate surface area is 234 Å². The minimum absolute atomic E-state index is 0.183. The lowest BCUT2D eigenvalue weighted by Gasteiger charge is -2.13. The van der Waals surface area contributed by atoms with Gasteiger partial charge in [-0.25, -0.2) is 19.6 Å². The van der Waals surface area contributed by atoms with Crippen molar-refractivity contribution in [1.82, 2.24) is 19.9 Å². The van der Waals surface area contributed by atoms with Crippen LogP contribution in [-0.4, -0.2) is 45.1 Å². The molecule has 0 aliphatic carbocycles. The second-order valence-corrected chi connectivity index (χ2v) is 10.6. The Morgan fingerprint density at radius 2 is 0.925 bits per heavy atom. The fourth-order valence-corrected chi connectivity index (χ4v) is 3.84. The molecule has 0 N–H and O–H groups in total. The van der Waals surface area contributed by atoms with Crippen molar-refractivity contribution in [2.45, 2.75) is 41.5 Å². The Morgan fingerprint density at radius 3 is 1.25 bits per heavy atom. The van der Waals surface area contributed by atoms with Crippen LogP contribution in [-0.2, 0) is 9.47 Å². The third kappa shape index (κ3) is 7.34. The summed E-state index contributed by atoms with van der Waals surface area (Å²) in [5.41, 5.74) is 5.23. The molecule has 0 fully saturated rings. The molecule has 4 aromatic rings. The molecule has 0 saturated heterocycles. The van der Waals surface area contributed by atoms with Crippen molar-refractivity contribution in [1.29, 1.82) is 0 Å². The average Bonchev–Trinajstić information content (AvgIpc) is 2.94. The van der Waals surface area contributed by atoms with Gasteiger partial charge in [-0.3, -0.25) is 9.97 Å². The van der Waals surface area contributed by atoms with Gasteiger partial charge < -0.3 is 9.47 Å². The maximum absolute atomic E-state index is 13.1. The topological polar surface area (TPSA) is 104 Å². The molecule has 40 heavy (non-hydrogen) atoms. The number of carbonyl (C=O) groups is 2. The van der Waals surface area contributed by atoms with Crippen molar-refractivity contribution in [3.8, 4) is 34.2 Å². The second-order valence-electron chi connectivity index (χ2n) is 10.6. The SMILES string of the molecule is Cc1cccc(-c2cc(C(=O)OCC(C)C)cc(-c3cc(C(=O)OCC(C)C)cc(-c4cccc(C)n4)n3)n2)n1. The number of aromatic nitrogens is 4. The highest BCUT2D eigenvalue weighted by Crippen LogP contribution is 2.27. The molecule has 206 valence electrons. The molecule has 0 aliphatic heterocycles. The summed E-state index contributed by atoms with van der Waals surface area (Å²) in [6.45, 7) is 12.2. The number of pyridine rings is 4. The molecule has 0 spiro atoms. The summed E-state index contributed by atoms with van der Waals surface area (Å²) in [7, 11) is 0. The van der Waals surface area contributed by atoms with Gasteiger partial charge in [-0.15, -0.1) is 0 Å². The number of aryl methyl sites for hydroxylation is 2. The smallest absolute Gasteiger partial charge is 0.338 e. The monoisotopic (exact) mass is 538 g/mol. The standard InChI is InChI=1S/C32H34N4O4/c1-19(2)17-39-31(37)23-13-27(25-11-7-9-21(5)33-25)35-29(15-23)30-16-24(32(38)40-18-20(3)4)14-28(36-30)26-12-8-10-22(6)34-26/h7-16,19-20H,17-18H2,1-6H3. The fraction of sp³-hybridized carbons (Fsp3) is 0.312. The lowest BCUT2D eigenvalue weighted by molar-refractivity contribution is 0.0450. The van der Waals surface area contributed by atoms with E-state index in [-0.39, 0.29) is 25.0 Å². The van der Waals surface area contributed by atoms with Gasteiger partial charge in [-0.2, -0.15) is 0 Å². The largest absolute Gasteiger partial charge is 0.462 e. The van der Waals surface area contributed by atoms with E-state index in [1.165, 1.54) is 0 Å². The predicted molar refractivity (Wildman–Crippen MR) is 154 cm³/mol. The zero-order valence-electron chi connectivity index (χ0n) is 23.8. The summed E-state index contributed by atoms with van der Waals surface area (Å²) < 4.78 is 11.1. The molecule has 0 aliphatic rings. The fourth-order valence-electron chi connectivity index (χ4n) is 3.84. The molecule has 8 nitrogen and oxygen atoms in total. The Hall–Kier alpha value is -4.46. The first kappa shape index (κ1) is 28.5. The lowest BCUT2D eigenvalue weighted by atomic mass is 10.1. The maximum Gasteiger partial charge on any atom is 0.338 e. The summed E-state index contributed by atoms with van der Waals surface area (Å²) in [5, 5.41) is 0. The summed E-state index contributed by atoms with van der Waals surface area (Å²) in [6, 6.07) is 17.8. The zero-order chi connectivity index (χ0) is 28.8. The number of nitrogens with zero attached hydrogens (tertiary/aromatic N) is 4. The molecule has 0 aromatic carbocycles. The molecule has 0 bridgehead atoms. The highest BCUT2D eigenvalue weighted by Gasteiger charge is 2.19. The van der Waals surface area contributed by atoms with E-state index in [0.717, 1.165) is 11.4 Å². The van der Waals surface area contributed by atoms with Gasteiger partial charge in [0.25, 0.3) is 0 Å². The molecule has 0 radical (unpaired) electrons. The van der Waals surface area contributed by atoms with E-state index in [0.29, 0.717) is 45.3 Å². The van der Waals surface area contributed by atoms with Crippen LogP contribution in [0.1, 0.15) is 59.8 Å². The van der Waals surface area contributed by atoms with Gasteiger partial charge in [-0.1, -0.05) is 39.8 Å². The van der Waals surface area contributed by atoms with Crippen molar-refractivity contribution in [3.05, 3.63) is 83.2 Å². The number of carbonyl (C=O) groups excluding carboxylic acids is 2. The average molecular weight is 539 g/mol. The molecule has 0 saturated carbocycles. The molecule has 0 unspecified atom stereocenters. The zero-order valence-corrected chi connectivity index (χ0v) is 23.8. The third-order valence-corrected chi connectivity index (χ3v) is 5.78. The number of ether oxygens (including phenoxy) is 2. The molecule has 4 aromatic heterocycles. The van der Waals surface area contributed by atoms with Crippen LogP contribution in [0.25, 0.3) is 34.2 Å². The first-order chi connectivity index (χ1) is 19.1. The molecular weight excluding hydrogens is 504 g/mol. The van der Waals surface area contributed by atoms with Crippen molar-refractivity contribution in [2.75, 3.05) is 13.2 Å². The van der Waals surface area contributed by atoms with Crippen LogP contribution in [0.2, 0.25) is 0 Å². The Balaban J connectivity index is 1.88. The van der Waals surface area contributed by atoms with Crippen LogP contribution in [0.15, 0.2) is 60.7 Å². The van der Waals surface area contributed by atoms with Gasteiger partial charge in [0, 0.05) is 11.4 Å². The molecule has 4 heterocycles. The molecule has 0 atom stereocenters. The van der Waals surface area contributed by atoms with E-state index in [1.54, 1.807) is 24.3 Å². The van der Waals surface area contributed by atoms with E-state index >= 15 is 0 Å². The van der Waals surface area contributed by atoms with Crippen molar-refractivity contribution in [3.63, 3.8) is 0 Å². The predicted octanol–water partition coefficient (Wildman–Crippen LogP) is 6.51. The summed E-state index contributed by atoms with van der Waals surface area (Å²) >= 11 is 0. The van der Waals surface area contributed by atoms with Gasteiger partial charge in [0.05, 0.1) is 58.5 Å². The highest BCUT2D eigenvalue weighted by molar-refractivity contribution is 5.94. The van der Waals surface area contributed by atoms with Crippen LogP contribution in [0.4, 0.5) is 0 Å². The Kier molecular flexibility index (Phi) is 8.99. The summed E-state index contributed by atoms with van der Waals surface area (Å²) in [4.78, 5) is 44.9. The maximum atomic E-state index is 13.1. The van der Waals surface area contributed by atoms with Crippen LogP contribution in [0.3, 0.4) is 0 Å². The van der Waals surface area contributed by atoms with Crippen molar-refractivity contribution < 1.29 is 19.1 Å². The molecular formula is C32H34N4O4. The number of hydrogen-bond acceptors (Lipinski definition) is 8. The van der Waals surface area contributed by atoms with Crippen LogP contribution >= 0.6 is 0 Å². The Bertz CT molecular complexity index is 1420. The number of esters is 2. The van der Waals surface area contributed by atoms with E-state index in [4.69, 9.17) is 19.4 Å². The van der Waals surface area contributed by atoms with Gasteiger partial charge in [0.15, 0.2) is 0 Å². The second kappa shape index (κ2) is 12.6. The lowest BCUT2D eigenvalue weighted by Crippen LogP contribution is -2.12. The van der Waals surface area contributed by atoms with Gasteiger partial charge >= 0.3 is 11.9 Å². The minimum Gasteiger partial charge on any atom is -0.462 e. The van der Waals surface area contributed by atoms with Crippen molar-refractivity contribution >= 4 is 11.9 Å². The third-order valence-electron chi connectivity index (χ3n) is 5.78. The molecule has 4 rings (SSSR count). The molecule has 8 heteroatoms. The summed E-state index contributed by atoms with van der Waals surface area (Å²) in [5.74, 6) is -0.579. The minimum atomic E-state index is -0.473. The van der Waals surface area contributed by atoms with Gasteiger partial charge in [-0.05, 0) is 74.2 Å². The van der Waals surface area contributed by atoms with Crippen LogP contribution < -0.4 is 0 Å². The number of hydrogen-bond donors (Lipinski definition) is 0. The van der Waals surface area contributed by atoms with E-state index in [1.807, 2.05) is 77.9 Å². The van der Waals surface area contributed by atoms with Crippen LogP contribution in [0.5, 0.6) is 0 Å². The quantitative estimate of drug-likeness (QED) is 0.222. The van der Waals surface area contributed by atoms with Crippen molar-refractivity contribution in [2.24, 2.45) is 11.8 Å². The molecule has 0 amide bonds. The Morgan fingerprint density at radius 1 is 0.575 bits per heavy atom. The highest BCUT2D eigenvalue weighted by atomic mass is 16.5. The van der Waals surface area contributed by atoms with Gasteiger partial charge in [0.2, 0.25) is 0 Å². The normalized spacial score (nSPS) is 11.1. The number of rotatable bonds is 9. The first-order valence-corrected chi connectivity index (χ1v) is 13.4. The summed E-state index contributed by atoms with van der Waals surface area (Å²) in [6.07, 6.45) is 0.